The summed E-state index contributed by atoms with van der Waals surface area (Å²) in [6.45, 7) is 18.0. The summed E-state index contributed by atoms with van der Waals surface area (Å²) in [7, 11) is 0. The van der Waals surface area contributed by atoms with Gasteiger partial charge >= 0.3 is 353 Å². The molecule has 12 rings (SSSR count). The predicted octanol–water partition coefficient (Wildman–Crippen LogP) is 18.9. The Balaban J connectivity index is 0.978. The number of hydrogen-bond acceptors (Lipinski definition) is 2. The van der Waals surface area contributed by atoms with Crippen molar-refractivity contribution in [2.24, 2.45) is 0 Å². The van der Waals surface area contributed by atoms with Gasteiger partial charge in [-0.15, -0.1) is 0 Å². The fourth-order valence-corrected chi connectivity index (χ4v) is 12.7. The third-order valence-electron chi connectivity index (χ3n) is 15.9. The Morgan fingerprint density at radius 2 is 1.18 bits per heavy atom. The molecule has 394 valence electrons. The van der Waals surface area contributed by atoms with E-state index in [1.54, 1.807) is 12.3 Å². The Bertz CT molecular complexity index is 4240. The summed E-state index contributed by atoms with van der Waals surface area (Å²) in [6.07, 6.45) is 5.72. The Morgan fingerprint density at radius 3 is 1.88 bits per heavy atom. The molecule has 3 heterocycles. The summed E-state index contributed by atoms with van der Waals surface area (Å²) >= 11 is 2.60. The Kier molecular flexibility index (Phi) is 12.2. The van der Waals surface area contributed by atoms with E-state index in [2.05, 4.69) is 224 Å². The minimum Gasteiger partial charge on any atom is -0.238 e. The van der Waals surface area contributed by atoms with Crippen LogP contribution in [0, 0.1) is 22.8 Å². The van der Waals surface area contributed by atoms with Gasteiger partial charge in [-0.05, 0) is 41.1 Å². The van der Waals surface area contributed by atoms with Crippen molar-refractivity contribution in [3.8, 4) is 56.4 Å². The number of nitrogens with zero attached hydrogens (tertiary/aromatic N) is 4. The van der Waals surface area contributed by atoms with Gasteiger partial charge in [-0.2, -0.15) is 0 Å². The van der Waals surface area contributed by atoms with Crippen molar-refractivity contribution in [2.75, 3.05) is 0 Å². The number of hydrogen-bond donors (Lipinski definition) is 0. The van der Waals surface area contributed by atoms with Gasteiger partial charge in [0.15, 0.2) is 0 Å². The van der Waals surface area contributed by atoms with Gasteiger partial charge in [0.05, 0.1) is 0 Å². The van der Waals surface area contributed by atoms with Crippen molar-refractivity contribution in [1.29, 1.82) is 0 Å². The van der Waals surface area contributed by atoms with E-state index in [0.717, 1.165) is 84.7 Å². The van der Waals surface area contributed by atoms with Gasteiger partial charge in [0.1, 0.15) is 0 Å². The third kappa shape index (κ3) is 9.42. The predicted molar refractivity (Wildman–Crippen MR) is 320 cm³/mol. The van der Waals surface area contributed by atoms with Crippen LogP contribution in [-0.2, 0) is 42.0 Å². The molecule has 1 unspecified atom stereocenters. The molecule has 3 aromatic heterocycles. The van der Waals surface area contributed by atoms with E-state index in [9.17, 15) is 0 Å². The van der Waals surface area contributed by atoms with Crippen LogP contribution < -0.4 is 4.74 Å². The number of aryl methyl sites for hydroxylation is 2. The van der Waals surface area contributed by atoms with Crippen molar-refractivity contribution in [2.45, 2.75) is 117 Å². The second kappa shape index (κ2) is 19.8. The molecular weight excluding hydrogens is 1130 g/mol. The molecule has 6 heteroatoms. The van der Waals surface area contributed by atoms with Gasteiger partial charge in [0.2, 0.25) is 0 Å². The molecule has 1 atom stereocenters. The van der Waals surface area contributed by atoms with Crippen LogP contribution in [0.25, 0.3) is 77.7 Å². The Hall–Kier alpha value is -7.33. The smallest absolute Gasteiger partial charge is 0.238 e. The molecule has 11 aromatic rings. The molecule has 5 nitrogen and oxygen atoms in total. The molecule has 78 heavy (non-hydrogen) atoms. The van der Waals surface area contributed by atoms with E-state index >= 15 is 0 Å². The van der Waals surface area contributed by atoms with Crippen molar-refractivity contribution in [3.63, 3.8) is 0 Å². The minimum atomic E-state index is -2.40. The molecule has 0 bridgehead atoms. The summed E-state index contributed by atoms with van der Waals surface area (Å²) in [6, 6.07) is 67.6. The number of rotatable bonds is 8. The topological polar surface area (TPSA) is 36.9 Å². The number of fused-ring (bicyclic) bond motifs is 5. The normalized spacial score (nSPS) is 15.0. The number of pyridine rings is 1. The molecule has 0 amide bonds. The number of imidazole rings is 1. The van der Waals surface area contributed by atoms with Crippen molar-refractivity contribution in [1.82, 2.24) is 18.7 Å². The number of para-hydroxylation sites is 4. The first-order chi connectivity index (χ1) is 38.6. The van der Waals surface area contributed by atoms with Gasteiger partial charge in [0.25, 0.3) is 0 Å². The zero-order chi connectivity index (χ0) is 56.8. The fraction of sp³-hybridized carbons (Fsp3) is 0.250. The maximum absolute atomic E-state index is 8.74. The first kappa shape index (κ1) is 47.8. The second-order valence-corrected chi connectivity index (χ2v) is 25.3. The Morgan fingerprint density at radius 1 is 0.551 bits per heavy atom. The molecule has 1 aliphatic carbocycles. The third-order valence-corrected chi connectivity index (χ3v) is 16.9. The molecule has 1 aliphatic rings. The van der Waals surface area contributed by atoms with Crippen LogP contribution in [0.3, 0.4) is 0 Å². The van der Waals surface area contributed by atoms with Gasteiger partial charge in [-0.1, -0.05) is 63.2 Å². The molecule has 0 saturated carbocycles. The molecule has 0 spiro atoms. The van der Waals surface area contributed by atoms with E-state index in [-0.39, 0.29) is 27.9 Å². The van der Waals surface area contributed by atoms with Crippen molar-refractivity contribution in [3.05, 3.63) is 225 Å². The van der Waals surface area contributed by atoms with Crippen LogP contribution in [-0.4, -0.2) is 18.7 Å². The number of benzene rings is 8. The fourth-order valence-electron chi connectivity index (χ4n) is 11.5. The molecule has 0 aliphatic heterocycles. The van der Waals surface area contributed by atoms with E-state index in [4.69, 9.17) is 13.8 Å². The zero-order valence-electron chi connectivity index (χ0n) is 49.2. The molecule has 0 radical (unpaired) electrons. The summed E-state index contributed by atoms with van der Waals surface area (Å²) in [4.78, 5) is 5.01. The van der Waals surface area contributed by atoms with Crippen LogP contribution in [0.4, 0.5) is 0 Å². The van der Waals surface area contributed by atoms with Crippen LogP contribution in [0.5, 0.6) is 11.5 Å². The van der Waals surface area contributed by atoms with Crippen molar-refractivity contribution < 1.29 is 28.2 Å². The summed E-state index contributed by atoms with van der Waals surface area (Å²) in [5.41, 5.74) is 17.5. The van der Waals surface area contributed by atoms with Crippen LogP contribution in [0.1, 0.15) is 125 Å². The van der Waals surface area contributed by atoms with Crippen LogP contribution >= 0.6 is 0 Å². The second-order valence-electron chi connectivity index (χ2n) is 24.3. The monoisotopic (exact) mass is 1200 g/mol. The SMILES string of the molecule is [2H]C([2H])([2H])c1cc(-n2c3[c-]c(Oc4[c-]c5c(cc4)CCCCC5n4[c](=[Pt])n(-c5c(-c6ccccc6)cccc5-c5cc(C(C)(C)C)cc(C(C)(C)C)c5)c5ccccc54)ccc3c3ccccc32)ncc1-c1ccc(C(C)(C)C)cc1. The summed E-state index contributed by atoms with van der Waals surface area (Å²) in [5, 5.41) is 1.96. The first-order valence-electron chi connectivity index (χ1n) is 28.9. The van der Waals surface area contributed by atoms with Gasteiger partial charge in [0, 0.05) is 15.9 Å². The van der Waals surface area contributed by atoms with Gasteiger partial charge in [-0.3, -0.25) is 0 Å². The zero-order valence-corrected chi connectivity index (χ0v) is 48.4. The Labute approximate surface area is 475 Å². The maximum atomic E-state index is 8.74. The summed E-state index contributed by atoms with van der Waals surface area (Å²) < 4.78 is 41.3. The van der Waals surface area contributed by atoms with Gasteiger partial charge < -0.3 is 0 Å². The van der Waals surface area contributed by atoms with E-state index in [1.807, 2.05) is 47.0 Å². The minimum absolute atomic E-state index is 0.0378. The molecule has 0 saturated heterocycles. The van der Waals surface area contributed by atoms with E-state index in [0.29, 0.717) is 22.9 Å². The number of aromatic nitrogens is 4. The average molecular weight is 1200 g/mol. The molecule has 8 aromatic carbocycles. The molecule has 0 fully saturated rings. The quantitative estimate of drug-likeness (QED) is 0.112. The summed E-state index contributed by atoms with van der Waals surface area (Å²) in [5.74, 6) is 1.62. The van der Waals surface area contributed by atoms with Gasteiger partial charge in [-0.25, -0.2) is 4.98 Å². The molecular formula is C72H68N4OPt-2. The van der Waals surface area contributed by atoms with Crippen LogP contribution in [0.2, 0.25) is 0 Å². The standard InChI is InChI=1S/C72H68N4O.Pt/c1-47-39-68(73-45-62(47)50-31-34-52(35-32-50)70(2,3)4)76-64-28-17-15-24-59(64)60-38-37-56(44-67(60)76)77-55-36-33-49-23-14-16-27-63(61(49)43-55)74-46-75(66-30-19-18-29-65(66)74)69-57(48-21-12-11-13-22-48)25-20-26-58(69)51-40-53(71(5,6)7)42-54(41-51)72(8,9)10;/h11-13,15,17-22,24-26,28-42,45,63H,14,16,23,27H2,1-10H3;/q-2;/i1D3;. The number of ether oxygens (including phenoxy) is 1. The average Bonchev–Trinajstić information content (AvgIpc) is 3.88. The van der Waals surface area contributed by atoms with E-state index in [1.165, 1.54) is 38.9 Å². The van der Waals surface area contributed by atoms with Crippen LogP contribution in [0.15, 0.2) is 176 Å². The van der Waals surface area contributed by atoms with Crippen molar-refractivity contribution >= 4 is 32.8 Å². The van der Waals surface area contributed by atoms with E-state index < -0.39 is 6.85 Å². The first-order valence-corrected chi connectivity index (χ1v) is 28.6. The molecule has 0 N–H and O–H groups in total.